The van der Waals surface area contributed by atoms with E-state index in [1.54, 1.807) is 54.6 Å². The lowest BCUT2D eigenvalue weighted by Crippen LogP contribution is -2.39. The Balaban J connectivity index is 1.51. The molecule has 3 aromatic rings. The maximum atomic E-state index is 13.0. The third-order valence-electron chi connectivity index (χ3n) is 4.67. The monoisotopic (exact) mass is 403 g/mol. The van der Waals surface area contributed by atoms with E-state index in [4.69, 9.17) is 14.2 Å². The van der Waals surface area contributed by atoms with Gasteiger partial charge in [0.15, 0.2) is 11.5 Å². The summed E-state index contributed by atoms with van der Waals surface area (Å²) in [5.41, 5.74) is 2.26. The van der Waals surface area contributed by atoms with Gasteiger partial charge < -0.3 is 19.5 Å². The van der Waals surface area contributed by atoms with Gasteiger partial charge in [-0.1, -0.05) is 60.2 Å². The second-order valence-corrected chi connectivity index (χ2v) is 6.95. The van der Waals surface area contributed by atoms with Crippen LogP contribution in [0.5, 0.6) is 11.5 Å². The lowest BCUT2D eigenvalue weighted by atomic mass is 10.1. The van der Waals surface area contributed by atoms with Crippen LogP contribution in [0, 0.1) is 6.92 Å². The molecule has 30 heavy (non-hydrogen) atoms. The highest BCUT2D eigenvalue weighted by atomic mass is 16.6. The molecule has 1 aliphatic rings. The number of rotatable bonds is 5. The minimum Gasteiger partial charge on any atom is -0.485 e. The zero-order chi connectivity index (χ0) is 20.9. The summed E-state index contributed by atoms with van der Waals surface area (Å²) >= 11 is 0. The van der Waals surface area contributed by atoms with Crippen LogP contribution in [0.3, 0.4) is 0 Å². The van der Waals surface area contributed by atoms with Crippen LogP contribution >= 0.6 is 0 Å². The molecule has 0 aromatic heterocycles. The number of carbonyl (C=O) groups excluding carboxylic acids is 2. The SMILES string of the molecule is Cc1ccc(NC(=O)[C@@H](OC(=O)[C@H]2COc3ccccc3O2)c2ccccc2)cc1. The molecule has 1 heterocycles. The maximum absolute atomic E-state index is 13.0. The van der Waals surface area contributed by atoms with Crippen molar-refractivity contribution in [2.24, 2.45) is 0 Å². The highest BCUT2D eigenvalue weighted by Crippen LogP contribution is 2.32. The van der Waals surface area contributed by atoms with Crippen LogP contribution in [0.15, 0.2) is 78.9 Å². The fourth-order valence-electron chi connectivity index (χ4n) is 3.07. The van der Waals surface area contributed by atoms with Gasteiger partial charge in [0.1, 0.15) is 6.61 Å². The van der Waals surface area contributed by atoms with Gasteiger partial charge in [-0.3, -0.25) is 4.79 Å². The van der Waals surface area contributed by atoms with Crippen molar-refractivity contribution in [3.63, 3.8) is 0 Å². The lowest BCUT2D eigenvalue weighted by Gasteiger charge is -2.26. The quantitative estimate of drug-likeness (QED) is 0.651. The zero-order valence-corrected chi connectivity index (χ0v) is 16.4. The van der Waals surface area contributed by atoms with Crippen molar-refractivity contribution in [3.05, 3.63) is 90.0 Å². The maximum Gasteiger partial charge on any atom is 0.352 e. The Morgan fingerprint density at radius 2 is 1.60 bits per heavy atom. The fraction of sp³-hybridized carbons (Fsp3) is 0.167. The number of hydrogen-bond acceptors (Lipinski definition) is 5. The summed E-state index contributed by atoms with van der Waals surface area (Å²) in [5.74, 6) is -0.0858. The lowest BCUT2D eigenvalue weighted by molar-refractivity contribution is -0.164. The third kappa shape index (κ3) is 4.43. The van der Waals surface area contributed by atoms with E-state index in [0.29, 0.717) is 22.7 Å². The van der Waals surface area contributed by atoms with Gasteiger partial charge in [-0.2, -0.15) is 0 Å². The molecule has 2 atom stereocenters. The van der Waals surface area contributed by atoms with E-state index in [0.717, 1.165) is 5.56 Å². The van der Waals surface area contributed by atoms with Crippen molar-refractivity contribution in [3.8, 4) is 11.5 Å². The van der Waals surface area contributed by atoms with Gasteiger partial charge >= 0.3 is 5.97 Å². The van der Waals surface area contributed by atoms with Crippen LogP contribution in [0.4, 0.5) is 5.69 Å². The molecular weight excluding hydrogens is 382 g/mol. The van der Waals surface area contributed by atoms with Gasteiger partial charge in [-0.05, 0) is 31.2 Å². The molecule has 0 saturated heterocycles. The Kier molecular flexibility index (Phi) is 5.66. The van der Waals surface area contributed by atoms with Gasteiger partial charge in [-0.15, -0.1) is 0 Å². The molecule has 6 nitrogen and oxygen atoms in total. The first-order valence-corrected chi connectivity index (χ1v) is 9.61. The highest BCUT2D eigenvalue weighted by Gasteiger charge is 2.33. The number of hydrogen-bond donors (Lipinski definition) is 1. The first-order chi connectivity index (χ1) is 14.6. The molecule has 3 aromatic carbocycles. The molecule has 0 fully saturated rings. The number of amides is 1. The molecule has 1 amide bonds. The Bertz CT molecular complexity index is 1030. The van der Waals surface area contributed by atoms with Gasteiger partial charge in [0.05, 0.1) is 0 Å². The van der Waals surface area contributed by atoms with Gasteiger partial charge in [0.25, 0.3) is 5.91 Å². The number of carbonyl (C=O) groups is 2. The van der Waals surface area contributed by atoms with Crippen LogP contribution in [-0.2, 0) is 14.3 Å². The molecule has 0 radical (unpaired) electrons. The van der Waals surface area contributed by atoms with Crippen LogP contribution in [0.1, 0.15) is 17.2 Å². The van der Waals surface area contributed by atoms with E-state index in [2.05, 4.69) is 5.32 Å². The molecule has 0 bridgehead atoms. The molecule has 0 aliphatic carbocycles. The van der Waals surface area contributed by atoms with Crippen molar-refractivity contribution < 1.29 is 23.8 Å². The molecule has 1 N–H and O–H groups in total. The Labute approximate surface area is 174 Å². The smallest absolute Gasteiger partial charge is 0.352 e. The molecular formula is C24H21NO5. The average Bonchev–Trinajstić information content (AvgIpc) is 2.79. The number of para-hydroxylation sites is 2. The van der Waals surface area contributed by atoms with Gasteiger partial charge in [0.2, 0.25) is 12.2 Å². The number of anilines is 1. The minimum atomic E-state index is -1.12. The molecule has 0 spiro atoms. The summed E-state index contributed by atoms with van der Waals surface area (Å²) in [6, 6.07) is 23.3. The zero-order valence-electron chi connectivity index (χ0n) is 16.4. The molecule has 0 unspecified atom stereocenters. The second-order valence-electron chi connectivity index (χ2n) is 6.95. The van der Waals surface area contributed by atoms with Crippen molar-refractivity contribution in [2.75, 3.05) is 11.9 Å². The van der Waals surface area contributed by atoms with Crippen LogP contribution in [0.25, 0.3) is 0 Å². The average molecular weight is 403 g/mol. The second kappa shape index (κ2) is 8.69. The summed E-state index contributed by atoms with van der Waals surface area (Å²) in [5, 5.41) is 2.80. The summed E-state index contributed by atoms with van der Waals surface area (Å²) in [4.78, 5) is 25.7. The van der Waals surface area contributed by atoms with E-state index in [-0.39, 0.29) is 6.61 Å². The van der Waals surface area contributed by atoms with E-state index >= 15 is 0 Å². The first-order valence-electron chi connectivity index (χ1n) is 9.61. The van der Waals surface area contributed by atoms with E-state index < -0.39 is 24.1 Å². The molecule has 152 valence electrons. The number of fused-ring (bicyclic) bond motifs is 1. The van der Waals surface area contributed by atoms with Crippen molar-refractivity contribution in [1.82, 2.24) is 0 Å². The van der Waals surface area contributed by atoms with Gasteiger partial charge in [0, 0.05) is 11.3 Å². The van der Waals surface area contributed by atoms with E-state index in [1.165, 1.54) is 0 Å². The first kappa shape index (κ1) is 19.5. The predicted molar refractivity (Wildman–Crippen MR) is 111 cm³/mol. The highest BCUT2D eigenvalue weighted by molar-refractivity contribution is 5.96. The molecule has 1 aliphatic heterocycles. The summed E-state index contributed by atoms with van der Waals surface area (Å²) in [6.07, 6.45) is -2.08. The minimum absolute atomic E-state index is 0.0109. The molecule has 6 heteroatoms. The van der Waals surface area contributed by atoms with Gasteiger partial charge in [-0.25, -0.2) is 4.79 Å². The largest absolute Gasteiger partial charge is 0.485 e. The Morgan fingerprint density at radius 3 is 2.33 bits per heavy atom. The van der Waals surface area contributed by atoms with Crippen LogP contribution in [0.2, 0.25) is 0 Å². The van der Waals surface area contributed by atoms with E-state index in [1.807, 2.05) is 31.2 Å². The standard InChI is InChI=1S/C24H21NO5/c1-16-11-13-18(14-12-16)25-23(26)22(17-7-3-2-4-8-17)30-24(27)21-15-28-19-9-5-6-10-20(19)29-21/h2-14,21-22H,15H2,1H3,(H,25,26)/t21-,22+/m1/s1. The Morgan fingerprint density at radius 1 is 0.933 bits per heavy atom. The number of benzene rings is 3. The molecule has 0 saturated carbocycles. The fourth-order valence-corrected chi connectivity index (χ4v) is 3.07. The topological polar surface area (TPSA) is 73.9 Å². The summed E-state index contributed by atoms with van der Waals surface area (Å²) < 4.78 is 16.9. The normalized spacial score (nSPS) is 15.7. The number of esters is 1. The predicted octanol–water partition coefficient (Wildman–Crippen LogP) is 4.06. The molecule has 4 rings (SSSR count). The summed E-state index contributed by atoms with van der Waals surface area (Å²) in [7, 11) is 0. The number of aryl methyl sites for hydroxylation is 1. The van der Waals surface area contributed by atoms with Crippen molar-refractivity contribution in [1.29, 1.82) is 0 Å². The third-order valence-corrected chi connectivity index (χ3v) is 4.67. The Hall–Kier alpha value is -3.80. The number of ether oxygens (including phenoxy) is 3. The van der Waals surface area contributed by atoms with E-state index in [9.17, 15) is 9.59 Å². The van der Waals surface area contributed by atoms with Crippen molar-refractivity contribution >= 4 is 17.6 Å². The van der Waals surface area contributed by atoms with Crippen LogP contribution < -0.4 is 14.8 Å². The summed E-state index contributed by atoms with van der Waals surface area (Å²) in [6.45, 7) is 1.97. The van der Waals surface area contributed by atoms with Crippen LogP contribution in [-0.4, -0.2) is 24.6 Å². The van der Waals surface area contributed by atoms with Crippen molar-refractivity contribution in [2.45, 2.75) is 19.1 Å². The number of nitrogens with one attached hydrogen (secondary N) is 1.